The van der Waals surface area contributed by atoms with Crippen molar-refractivity contribution >= 4 is 17.1 Å². The van der Waals surface area contributed by atoms with Crippen LogP contribution in [0.25, 0.3) is 11.1 Å². The first-order valence-corrected chi connectivity index (χ1v) is 6.07. The number of anilines is 1. The van der Waals surface area contributed by atoms with Gasteiger partial charge in [-0.1, -0.05) is 12.1 Å². The SMILES string of the molecule is CN(C)CCOCCNc1nc2ccccc2o1. The molecule has 0 unspecified atom stereocenters. The summed E-state index contributed by atoms with van der Waals surface area (Å²) in [5, 5.41) is 3.11. The monoisotopic (exact) mass is 249 g/mol. The van der Waals surface area contributed by atoms with Crippen molar-refractivity contribution in [3.63, 3.8) is 0 Å². The zero-order valence-electron chi connectivity index (χ0n) is 10.8. The number of nitrogens with one attached hydrogen (secondary N) is 1. The van der Waals surface area contributed by atoms with Crippen LogP contribution in [0.5, 0.6) is 0 Å². The maximum Gasteiger partial charge on any atom is 0.295 e. The fourth-order valence-corrected chi connectivity index (χ4v) is 1.53. The molecule has 5 heteroatoms. The van der Waals surface area contributed by atoms with E-state index in [0.717, 1.165) is 24.3 Å². The van der Waals surface area contributed by atoms with E-state index in [-0.39, 0.29) is 0 Å². The number of fused-ring (bicyclic) bond motifs is 1. The molecule has 0 atom stereocenters. The van der Waals surface area contributed by atoms with Crippen LogP contribution in [0.2, 0.25) is 0 Å². The van der Waals surface area contributed by atoms with Gasteiger partial charge in [-0.2, -0.15) is 4.98 Å². The first-order chi connectivity index (χ1) is 8.75. The molecule has 1 heterocycles. The molecule has 5 nitrogen and oxygen atoms in total. The highest BCUT2D eigenvalue weighted by molar-refractivity contribution is 5.74. The molecule has 1 aromatic heterocycles. The lowest BCUT2D eigenvalue weighted by Crippen LogP contribution is -2.20. The number of aromatic nitrogens is 1. The Bertz CT molecular complexity index is 449. The second-order valence-corrected chi connectivity index (χ2v) is 4.33. The number of hydrogen-bond donors (Lipinski definition) is 1. The molecular formula is C13H19N3O2. The lowest BCUT2D eigenvalue weighted by Gasteiger charge is -2.09. The third kappa shape index (κ3) is 3.72. The second-order valence-electron chi connectivity index (χ2n) is 4.33. The van der Waals surface area contributed by atoms with Crippen LogP contribution in [0.15, 0.2) is 28.7 Å². The summed E-state index contributed by atoms with van der Waals surface area (Å²) in [6, 6.07) is 8.26. The molecule has 0 fully saturated rings. The molecule has 2 aromatic rings. The summed E-state index contributed by atoms with van der Waals surface area (Å²) in [6.07, 6.45) is 0. The summed E-state index contributed by atoms with van der Waals surface area (Å²) >= 11 is 0. The van der Waals surface area contributed by atoms with Gasteiger partial charge in [-0.05, 0) is 26.2 Å². The normalized spacial score (nSPS) is 11.3. The Balaban J connectivity index is 1.70. The van der Waals surface area contributed by atoms with Gasteiger partial charge in [0, 0.05) is 13.1 Å². The Morgan fingerprint density at radius 2 is 2.11 bits per heavy atom. The molecule has 0 aliphatic rings. The lowest BCUT2D eigenvalue weighted by molar-refractivity contribution is 0.126. The molecule has 1 N–H and O–H groups in total. The fraction of sp³-hybridized carbons (Fsp3) is 0.462. The van der Waals surface area contributed by atoms with Crippen molar-refractivity contribution in [1.29, 1.82) is 0 Å². The molecule has 18 heavy (non-hydrogen) atoms. The van der Waals surface area contributed by atoms with E-state index in [9.17, 15) is 0 Å². The average molecular weight is 249 g/mol. The van der Waals surface area contributed by atoms with E-state index in [2.05, 4.69) is 15.2 Å². The van der Waals surface area contributed by atoms with E-state index < -0.39 is 0 Å². The van der Waals surface area contributed by atoms with Crippen LogP contribution in [-0.4, -0.2) is 50.3 Å². The van der Waals surface area contributed by atoms with Crippen LogP contribution >= 0.6 is 0 Å². The third-order valence-corrected chi connectivity index (χ3v) is 2.50. The van der Waals surface area contributed by atoms with Crippen molar-refractivity contribution < 1.29 is 9.15 Å². The predicted molar refractivity (Wildman–Crippen MR) is 71.9 cm³/mol. The molecule has 0 spiro atoms. The van der Waals surface area contributed by atoms with Gasteiger partial charge in [0.2, 0.25) is 0 Å². The third-order valence-electron chi connectivity index (χ3n) is 2.50. The Labute approximate surface area is 107 Å². The van der Waals surface area contributed by atoms with Crippen LogP contribution in [0.1, 0.15) is 0 Å². The van der Waals surface area contributed by atoms with Gasteiger partial charge in [0.25, 0.3) is 6.01 Å². The fourth-order valence-electron chi connectivity index (χ4n) is 1.53. The molecule has 0 saturated carbocycles. The van der Waals surface area contributed by atoms with Crippen molar-refractivity contribution in [3.8, 4) is 0 Å². The quantitative estimate of drug-likeness (QED) is 0.758. The van der Waals surface area contributed by atoms with Crippen LogP contribution in [0.3, 0.4) is 0 Å². The lowest BCUT2D eigenvalue weighted by atomic mass is 10.3. The number of nitrogens with zero attached hydrogens (tertiary/aromatic N) is 2. The minimum absolute atomic E-state index is 0.549. The molecule has 0 aliphatic heterocycles. The average Bonchev–Trinajstić information content (AvgIpc) is 2.75. The van der Waals surface area contributed by atoms with Crippen LogP contribution < -0.4 is 5.32 Å². The number of benzene rings is 1. The largest absolute Gasteiger partial charge is 0.424 e. The minimum Gasteiger partial charge on any atom is -0.424 e. The highest BCUT2D eigenvalue weighted by Crippen LogP contribution is 2.17. The number of rotatable bonds is 7. The van der Waals surface area contributed by atoms with Crippen molar-refractivity contribution in [2.24, 2.45) is 0 Å². The second kappa shape index (κ2) is 6.37. The van der Waals surface area contributed by atoms with E-state index in [1.54, 1.807) is 0 Å². The number of likely N-dealkylation sites (N-methyl/N-ethyl adjacent to an activating group) is 1. The van der Waals surface area contributed by atoms with Crippen molar-refractivity contribution in [3.05, 3.63) is 24.3 Å². The van der Waals surface area contributed by atoms with Gasteiger partial charge in [0.05, 0.1) is 13.2 Å². The summed E-state index contributed by atoms with van der Waals surface area (Å²) in [5.74, 6) is 0. The maximum atomic E-state index is 5.53. The molecule has 0 bridgehead atoms. The Morgan fingerprint density at radius 1 is 1.28 bits per heavy atom. The predicted octanol–water partition coefficient (Wildman–Crippen LogP) is 1.82. The zero-order chi connectivity index (χ0) is 12.8. The van der Waals surface area contributed by atoms with Crippen molar-refractivity contribution in [2.75, 3.05) is 45.7 Å². The van der Waals surface area contributed by atoms with E-state index in [1.807, 2.05) is 38.4 Å². The Kier molecular flexibility index (Phi) is 4.55. The van der Waals surface area contributed by atoms with Gasteiger partial charge in [0.15, 0.2) is 5.58 Å². The molecule has 0 saturated heterocycles. The molecule has 0 aliphatic carbocycles. The van der Waals surface area contributed by atoms with E-state index >= 15 is 0 Å². The number of ether oxygens (including phenoxy) is 1. The van der Waals surface area contributed by atoms with Gasteiger partial charge < -0.3 is 19.4 Å². The molecule has 0 radical (unpaired) electrons. The number of para-hydroxylation sites is 2. The van der Waals surface area contributed by atoms with Gasteiger partial charge >= 0.3 is 0 Å². The van der Waals surface area contributed by atoms with E-state index in [0.29, 0.717) is 19.2 Å². The van der Waals surface area contributed by atoms with Gasteiger partial charge in [0.1, 0.15) is 5.52 Å². The molecule has 98 valence electrons. The summed E-state index contributed by atoms with van der Waals surface area (Å²) in [5.41, 5.74) is 1.67. The highest BCUT2D eigenvalue weighted by atomic mass is 16.5. The Hall–Kier alpha value is -1.59. The summed E-state index contributed by atoms with van der Waals surface area (Å²) in [4.78, 5) is 6.41. The summed E-state index contributed by atoms with van der Waals surface area (Å²) < 4.78 is 11.0. The van der Waals surface area contributed by atoms with Gasteiger partial charge in [-0.3, -0.25) is 0 Å². The minimum atomic E-state index is 0.549. The molecule has 0 amide bonds. The number of oxazole rings is 1. The van der Waals surface area contributed by atoms with Crippen LogP contribution in [0, 0.1) is 0 Å². The molecule has 1 aromatic carbocycles. The molecular weight excluding hydrogens is 230 g/mol. The highest BCUT2D eigenvalue weighted by Gasteiger charge is 2.03. The van der Waals surface area contributed by atoms with Gasteiger partial charge in [-0.25, -0.2) is 0 Å². The van der Waals surface area contributed by atoms with Gasteiger partial charge in [-0.15, -0.1) is 0 Å². The standard InChI is InChI=1S/C13H19N3O2/c1-16(2)8-10-17-9-7-14-13-15-11-5-3-4-6-12(11)18-13/h3-6H,7-10H2,1-2H3,(H,14,15). The maximum absolute atomic E-state index is 5.53. The van der Waals surface area contributed by atoms with E-state index in [4.69, 9.17) is 9.15 Å². The number of hydrogen-bond acceptors (Lipinski definition) is 5. The Morgan fingerprint density at radius 3 is 2.89 bits per heavy atom. The zero-order valence-corrected chi connectivity index (χ0v) is 10.8. The smallest absolute Gasteiger partial charge is 0.295 e. The van der Waals surface area contributed by atoms with E-state index in [1.165, 1.54) is 0 Å². The van der Waals surface area contributed by atoms with Crippen LogP contribution in [0.4, 0.5) is 6.01 Å². The van der Waals surface area contributed by atoms with Crippen LogP contribution in [-0.2, 0) is 4.74 Å². The van der Waals surface area contributed by atoms with Crippen molar-refractivity contribution in [1.82, 2.24) is 9.88 Å². The summed E-state index contributed by atoms with van der Waals surface area (Å²) in [6.45, 7) is 3.01. The summed E-state index contributed by atoms with van der Waals surface area (Å²) in [7, 11) is 4.06. The topological polar surface area (TPSA) is 50.5 Å². The van der Waals surface area contributed by atoms with Crippen molar-refractivity contribution in [2.45, 2.75) is 0 Å². The molecule has 2 rings (SSSR count). The first-order valence-electron chi connectivity index (χ1n) is 6.07. The first kappa shape index (κ1) is 12.9.